The van der Waals surface area contributed by atoms with Crippen molar-refractivity contribution in [3.05, 3.63) is 113 Å². The maximum absolute atomic E-state index is 13.3. The smallest absolute Gasteiger partial charge is 0.337 e. The van der Waals surface area contributed by atoms with Gasteiger partial charge in [-0.3, -0.25) is 4.79 Å². The molecule has 0 spiro atoms. The first-order chi connectivity index (χ1) is 17.9. The van der Waals surface area contributed by atoms with Gasteiger partial charge in [-0.1, -0.05) is 60.7 Å². The molecule has 0 aromatic heterocycles. The molecule has 0 aliphatic carbocycles. The number of rotatable bonds is 9. The summed E-state index contributed by atoms with van der Waals surface area (Å²) in [7, 11) is 5.32. The first-order valence-corrected chi connectivity index (χ1v) is 12.0. The highest BCUT2D eigenvalue weighted by Crippen LogP contribution is 2.26. The van der Waals surface area contributed by atoms with Crippen molar-refractivity contribution in [3.63, 3.8) is 0 Å². The Hall–Kier alpha value is -4.58. The van der Waals surface area contributed by atoms with E-state index < -0.39 is 5.97 Å². The molecule has 188 valence electrons. The number of carbonyl (C=O) groups excluding carboxylic acids is 2. The summed E-state index contributed by atoms with van der Waals surface area (Å²) in [6, 6.07) is 28.7. The average Bonchev–Trinajstić information content (AvgIpc) is 2.94. The molecule has 0 saturated carbocycles. The topological polar surface area (TPSA) is 67.9 Å². The van der Waals surface area contributed by atoms with Gasteiger partial charge < -0.3 is 19.7 Å². The van der Waals surface area contributed by atoms with Gasteiger partial charge in [0.25, 0.3) is 5.91 Å². The van der Waals surface area contributed by atoms with Crippen molar-refractivity contribution < 1.29 is 19.1 Å². The van der Waals surface area contributed by atoms with Gasteiger partial charge in [0.1, 0.15) is 12.4 Å². The van der Waals surface area contributed by atoms with E-state index in [0.29, 0.717) is 23.4 Å². The van der Waals surface area contributed by atoms with Crippen molar-refractivity contribution in [1.29, 1.82) is 0 Å². The number of fused-ring (bicyclic) bond motifs is 1. The van der Waals surface area contributed by atoms with Gasteiger partial charge in [-0.05, 0) is 52.9 Å². The monoisotopic (exact) mass is 494 g/mol. The number of methoxy groups -OCH3 is 1. The van der Waals surface area contributed by atoms with Crippen molar-refractivity contribution in [3.8, 4) is 5.75 Å². The Kier molecular flexibility index (Phi) is 8.21. The second-order valence-corrected chi connectivity index (χ2v) is 8.79. The highest BCUT2D eigenvalue weighted by Gasteiger charge is 2.13. The van der Waals surface area contributed by atoms with E-state index in [1.165, 1.54) is 7.11 Å². The Balaban J connectivity index is 1.54. The lowest BCUT2D eigenvalue weighted by atomic mass is 10.1. The van der Waals surface area contributed by atoms with Crippen LogP contribution in [0.15, 0.2) is 96.6 Å². The number of anilines is 1. The van der Waals surface area contributed by atoms with E-state index in [0.717, 1.165) is 27.6 Å². The van der Waals surface area contributed by atoms with Crippen LogP contribution in [0.1, 0.15) is 21.5 Å². The molecule has 0 heterocycles. The minimum atomic E-state index is -0.409. The van der Waals surface area contributed by atoms with Gasteiger partial charge >= 0.3 is 5.97 Å². The van der Waals surface area contributed by atoms with E-state index in [1.807, 2.05) is 85.7 Å². The van der Waals surface area contributed by atoms with Crippen LogP contribution in [-0.2, 0) is 16.1 Å². The molecule has 4 aromatic rings. The summed E-state index contributed by atoms with van der Waals surface area (Å²) in [4.78, 5) is 27.1. The highest BCUT2D eigenvalue weighted by molar-refractivity contribution is 5.98. The molecule has 0 unspecified atom stereocenters. The second-order valence-electron chi connectivity index (χ2n) is 8.79. The molecule has 0 aliphatic rings. The largest absolute Gasteiger partial charge is 0.488 e. The van der Waals surface area contributed by atoms with E-state index >= 15 is 0 Å². The lowest BCUT2D eigenvalue weighted by molar-refractivity contribution is -0.117. The maximum atomic E-state index is 13.3. The van der Waals surface area contributed by atoms with Crippen LogP contribution in [0.3, 0.4) is 0 Å². The quantitative estimate of drug-likeness (QED) is 0.247. The van der Waals surface area contributed by atoms with E-state index in [1.54, 1.807) is 30.3 Å². The molecule has 0 saturated heterocycles. The Labute approximate surface area is 217 Å². The van der Waals surface area contributed by atoms with Crippen LogP contribution in [-0.4, -0.2) is 39.7 Å². The summed E-state index contributed by atoms with van der Waals surface area (Å²) in [5, 5.41) is 5.05. The predicted molar refractivity (Wildman–Crippen MR) is 148 cm³/mol. The SMILES string of the molecule is COC(=O)c1ccc(/C=C(\COc2cccc3ccccc23)C(=O)NCc2ccc(N(C)C)cc2)cc1. The first-order valence-electron chi connectivity index (χ1n) is 12.0. The van der Waals surface area contributed by atoms with Gasteiger partial charge in [0.15, 0.2) is 0 Å². The number of ether oxygens (including phenoxy) is 2. The summed E-state index contributed by atoms with van der Waals surface area (Å²) in [6.45, 7) is 0.470. The molecule has 6 heteroatoms. The molecule has 1 amide bonds. The molecule has 37 heavy (non-hydrogen) atoms. The highest BCUT2D eigenvalue weighted by atomic mass is 16.5. The zero-order chi connectivity index (χ0) is 26.2. The molecule has 0 bridgehead atoms. The van der Waals surface area contributed by atoms with Gasteiger partial charge in [-0.25, -0.2) is 4.79 Å². The number of nitrogens with zero attached hydrogens (tertiary/aromatic N) is 1. The molecule has 4 rings (SSSR count). The fourth-order valence-corrected chi connectivity index (χ4v) is 3.89. The number of nitrogens with one attached hydrogen (secondary N) is 1. The van der Waals surface area contributed by atoms with Gasteiger partial charge in [-0.2, -0.15) is 0 Å². The van der Waals surface area contributed by atoms with Crippen LogP contribution in [0.5, 0.6) is 5.75 Å². The molecule has 0 aliphatic heterocycles. The number of benzene rings is 4. The van der Waals surface area contributed by atoms with Crippen LogP contribution in [0.4, 0.5) is 5.69 Å². The third-order valence-electron chi connectivity index (χ3n) is 6.00. The number of carbonyl (C=O) groups is 2. The molecule has 0 atom stereocenters. The molecular weight excluding hydrogens is 464 g/mol. The summed E-state index contributed by atoms with van der Waals surface area (Å²) in [5.41, 5.74) is 3.77. The van der Waals surface area contributed by atoms with Crippen LogP contribution in [0, 0.1) is 0 Å². The lowest BCUT2D eigenvalue weighted by Crippen LogP contribution is -2.27. The van der Waals surface area contributed by atoms with Gasteiger partial charge in [0.2, 0.25) is 0 Å². The average molecular weight is 495 g/mol. The number of amides is 1. The molecule has 1 N–H and O–H groups in total. The third-order valence-corrected chi connectivity index (χ3v) is 6.00. The summed E-state index contributed by atoms with van der Waals surface area (Å²) >= 11 is 0. The van der Waals surface area contributed by atoms with Crippen molar-refractivity contribution in [1.82, 2.24) is 5.32 Å². The number of hydrogen-bond donors (Lipinski definition) is 1. The van der Waals surface area contributed by atoms with E-state index in [-0.39, 0.29) is 12.5 Å². The van der Waals surface area contributed by atoms with Crippen molar-refractivity contribution in [2.24, 2.45) is 0 Å². The molecular formula is C31H30N2O4. The second kappa shape index (κ2) is 11.9. The van der Waals surface area contributed by atoms with E-state index in [4.69, 9.17) is 9.47 Å². The molecule has 0 radical (unpaired) electrons. The zero-order valence-electron chi connectivity index (χ0n) is 21.2. The summed E-state index contributed by atoms with van der Waals surface area (Å²) in [6.07, 6.45) is 1.77. The Morgan fingerprint density at radius 3 is 2.27 bits per heavy atom. The first kappa shape index (κ1) is 25.5. The Morgan fingerprint density at radius 1 is 0.865 bits per heavy atom. The fourth-order valence-electron chi connectivity index (χ4n) is 3.89. The standard InChI is InChI=1S/C31H30N2O4/c1-33(2)27-17-13-23(14-18-27)20-32-30(34)26(19-22-11-15-25(16-12-22)31(35)36-3)21-37-29-10-6-8-24-7-4-5-9-28(24)29/h4-19H,20-21H2,1-3H3,(H,32,34)/b26-19+. The Morgan fingerprint density at radius 2 is 1.57 bits per heavy atom. The summed E-state index contributed by atoms with van der Waals surface area (Å²) in [5.74, 6) is 0.0687. The normalized spacial score (nSPS) is 11.2. The number of esters is 1. The van der Waals surface area contributed by atoms with Crippen LogP contribution in [0.25, 0.3) is 16.8 Å². The van der Waals surface area contributed by atoms with Crippen molar-refractivity contribution in [2.45, 2.75) is 6.54 Å². The molecule has 6 nitrogen and oxygen atoms in total. The summed E-state index contributed by atoms with van der Waals surface area (Å²) < 4.78 is 10.9. The van der Waals surface area contributed by atoms with Gasteiger partial charge in [-0.15, -0.1) is 0 Å². The Bertz CT molecular complexity index is 1400. The van der Waals surface area contributed by atoms with Gasteiger partial charge in [0.05, 0.1) is 18.2 Å². The minimum Gasteiger partial charge on any atom is -0.488 e. The van der Waals surface area contributed by atoms with E-state index in [9.17, 15) is 9.59 Å². The van der Waals surface area contributed by atoms with Crippen LogP contribution >= 0.6 is 0 Å². The maximum Gasteiger partial charge on any atom is 0.337 e. The number of hydrogen-bond acceptors (Lipinski definition) is 5. The van der Waals surface area contributed by atoms with Crippen molar-refractivity contribution in [2.75, 3.05) is 32.7 Å². The predicted octanol–water partition coefficient (Wildman–Crippen LogP) is 5.47. The molecule has 4 aromatic carbocycles. The molecule has 0 fully saturated rings. The van der Waals surface area contributed by atoms with E-state index in [2.05, 4.69) is 5.32 Å². The zero-order valence-corrected chi connectivity index (χ0v) is 21.2. The fraction of sp³-hybridized carbons (Fsp3) is 0.161. The van der Waals surface area contributed by atoms with Gasteiger partial charge in [0, 0.05) is 31.7 Å². The lowest BCUT2D eigenvalue weighted by Gasteiger charge is -2.14. The van der Waals surface area contributed by atoms with Crippen LogP contribution in [0.2, 0.25) is 0 Å². The minimum absolute atomic E-state index is 0.0815. The van der Waals surface area contributed by atoms with Crippen molar-refractivity contribution >= 4 is 34.4 Å². The third kappa shape index (κ3) is 6.55. The van der Waals surface area contributed by atoms with Crippen LogP contribution < -0.4 is 15.0 Å².